The highest BCUT2D eigenvalue weighted by atomic mass is 19.2. The van der Waals surface area contributed by atoms with Gasteiger partial charge in [0.25, 0.3) is 0 Å². The van der Waals surface area contributed by atoms with Gasteiger partial charge in [0.2, 0.25) is 11.7 Å². The van der Waals surface area contributed by atoms with E-state index in [4.69, 9.17) is 5.73 Å². The van der Waals surface area contributed by atoms with Crippen LogP contribution in [0.15, 0.2) is 10.6 Å². The highest BCUT2D eigenvalue weighted by Crippen LogP contribution is 2.31. The van der Waals surface area contributed by atoms with E-state index in [1.807, 2.05) is 0 Å². The SMILES string of the molecule is COc1cc(F)c(F)c(-c2noc(CN)n2)c1F. The van der Waals surface area contributed by atoms with E-state index < -0.39 is 34.6 Å². The molecule has 0 saturated carbocycles. The van der Waals surface area contributed by atoms with Crippen LogP contribution in [0, 0.1) is 17.5 Å². The van der Waals surface area contributed by atoms with E-state index in [0.29, 0.717) is 6.07 Å². The lowest BCUT2D eigenvalue weighted by Crippen LogP contribution is -2.00. The third-order valence-corrected chi connectivity index (χ3v) is 2.21. The fourth-order valence-corrected chi connectivity index (χ4v) is 1.36. The number of ether oxygens (including phenoxy) is 1. The number of benzene rings is 1. The van der Waals surface area contributed by atoms with Gasteiger partial charge in [-0.05, 0) is 0 Å². The molecule has 0 unspecified atom stereocenters. The Kier molecular flexibility index (Phi) is 3.19. The van der Waals surface area contributed by atoms with Gasteiger partial charge in [-0.1, -0.05) is 5.16 Å². The summed E-state index contributed by atoms with van der Waals surface area (Å²) in [5.41, 5.74) is 4.47. The molecule has 8 heteroatoms. The van der Waals surface area contributed by atoms with E-state index in [0.717, 1.165) is 7.11 Å². The summed E-state index contributed by atoms with van der Waals surface area (Å²) < 4.78 is 49.8. The number of rotatable bonds is 3. The van der Waals surface area contributed by atoms with Crippen molar-refractivity contribution in [1.82, 2.24) is 10.1 Å². The fraction of sp³-hybridized carbons (Fsp3) is 0.200. The highest BCUT2D eigenvalue weighted by Gasteiger charge is 2.24. The van der Waals surface area contributed by atoms with Crippen LogP contribution in [0.3, 0.4) is 0 Å². The molecule has 1 heterocycles. The Bertz CT molecular complexity index is 586. The van der Waals surface area contributed by atoms with Crippen LogP contribution in [0.25, 0.3) is 11.4 Å². The molecule has 1 aromatic carbocycles. The monoisotopic (exact) mass is 259 g/mol. The zero-order chi connectivity index (χ0) is 13.3. The average molecular weight is 259 g/mol. The second-order valence-corrected chi connectivity index (χ2v) is 3.28. The van der Waals surface area contributed by atoms with Crippen molar-refractivity contribution in [3.63, 3.8) is 0 Å². The lowest BCUT2D eigenvalue weighted by Gasteiger charge is -2.06. The summed E-state index contributed by atoms with van der Waals surface area (Å²) in [6.07, 6.45) is 0. The third-order valence-electron chi connectivity index (χ3n) is 2.21. The Morgan fingerprint density at radius 1 is 1.33 bits per heavy atom. The van der Waals surface area contributed by atoms with Crippen LogP contribution in [0.4, 0.5) is 13.2 Å². The molecule has 2 N–H and O–H groups in total. The quantitative estimate of drug-likeness (QED) is 0.848. The molecule has 1 aromatic heterocycles. The third kappa shape index (κ3) is 1.90. The topological polar surface area (TPSA) is 74.2 Å². The van der Waals surface area contributed by atoms with Gasteiger partial charge in [-0.15, -0.1) is 0 Å². The Morgan fingerprint density at radius 2 is 2.06 bits per heavy atom. The van der Waals surface area contributed by atoms with Crippen LogP contribution < -0.4 is 10.5 Å². The molecule has 18 heavy (non-hydrogen) atoms. The number of hydrogen-bond acceptors (Lipinski definition) is 5. The first-order valence-corrected chi connectivity index (χ1v) is 4.83. The Hall–Kier alpha value is -2.09. The summed E-state index contributed by atoms with van der Waals surface area (Å²) >= 11 is 0. The molecule has 0 aliphatic rings. The van der Waals surface area contributed by atoms with Crippen molar-refractivity contribution in [1.29, 1.82) is 0 Å². The molecule has 2 aromatic rings. The number of nitrogens with two attached hydrogens (primary N) is 1. The van der Waals surface area contributed by atoms with Crippen molar-refractivity contribution in [3.05, 3.63) is 29.4 Å². The van der Waals surface area contributed by atoms with E-state index in [1.54, 1.807) is 0 Å². The van der Waals surface area contributed by atoms with Crippen molar-refractivity contribution < 1.29 is 22.4 Å². The van der Waals surface area contributed by atoms with Gasteiger partial charge in [0.15, 0.2) is 23.2 Å². The minimum Gasteiger partial charge on any atom is -0.494 e. The molecule has 0 aliphatic carbocycles. The Balaban J connectivity index is 2.65. The molecule has 0 atom stereocenters. The second-order valence-electron chi connectivity index (χ2n) is 3.28. The molecule has 96 valence electrons. The van der Waals surface area contributed by atoms with Crippen LogP contribution in [-0.2, 0) is 6.54 Å². The van der Waals surface area contributed by atoms with Gasteiger partial charge in [-0.2, -0.15) is 4.98 Å². The van der Waals surface area contributed by atoms with Crippen LogP contribution >= 0.6 is 0 Å². The molecule has 2 rings (SSSR count). The Labute approximate surface area is 99.4 Å². The van der Waals surface area contributed by atoms with Crippen LogP contribution in [0.1, 0.15) is 5.89 Å². The van der Waals surface area contributed by atoms with E-state index in [2.05, 4.69) is 19.4 Å². The van der Waals surface area contributed by atoms with Crippen LogP contribution in [-0.4, -0.2) is 17.3 Å². The minimum absolute atomic E-state index is 0.0213. The van der Waals surface area contributed by atoms with Gasteiger partial charge in [0.1, 0.15) is 5.56 Å². The van der Waals surface area contributed by atoms with E-state index in [1.165, 1.54) is 0 Å². The molecular weight excluding hydrogens is 251 g/mol. The smallest absolute Gasteiger partial charge is 0.240 e. The van der Waals surface area contributed by atoms with Gasteiger partial charge < -0.3 is 15.0 Å². The zero-order valence-corrected chi connectivity index (χ0v) is 9.21. The van der Waals surface area contributed by atoms with E-state index in [9.17, 15) is 13.2 Å². The van der Waals surface area contributed by atoms with Crippen molar-refractivity contribution in [2.75, 3.05) is 7.11 Å². The second kappa shape index (κ2) is 4.65. The van der Waals surface area contributed by atoms with Crippen LogP contribution in [0.5, 0.6) is 5.75 Å². The van der Waals surface area contributed by atoms with Crippen molar-refractivity contribution in [2.45, 2.75) is 6.54 Å². The zero-order valence-electron chi connectivity index (χ0n) is 9.21. The summed E-state index contributed by atoms with van der Waals surface area (Å²) in [7, 11) is 1.13. The number of nitrogens with zero attached hydrogens (tertiary/aromatic N) is 2. The number of methoxy groups -OCH3 is 1. The summed E-state index contributed by atoms with van der Waals surface area (Å²) in [6, 6.07) is 0.595. The minimum atomic E-state index is -1.42. The predicted molar refractivity (Wildman–Crippen MR) is 54.1 cm³/mol. The standard InChI is InChI=1S/C10H8F3N3O2/c1-17-5-2-4(11)8(12)7(9(5)13)10-15-6(3-14)18-16-10/h2H,3,14H2,1H3. The van der Waals surface area contributed by atoms with Crippen molar-refractivity contribution in [3.8, 4) is 17.1 Å². The molecule has 0 bridgehead atoms. The summed E-state index contributed by atoms with van der Waals surface area (Å²) in [6.45, 7) is -0.0946. The molecule has 0 amide bonds. The first-order chi connectivity index (χ1) is 8.58. The summed E-state index contributed by atoms with van der Waals surface area (Å²) in [5.74, 6) is -4.71. The van der Waals surface area contributed by atoms with Gasteiger partial charge in [-0.3, -0.25) is 0 Å². The number of aromatic nitrogens is 2. The maximum atomic E-state index is 13.8. The van der Waals surface area contributed by atoms with Gasteiger partial charge in [0.05, 0.1) is 13.7 Å². The first-order valence-electron chi connectivity index (χ1n) is 4.83. The highest BCUT2D eigenvalue weighted by molar-refractivity contribution is 5.59. The van der Waals surface area contributed by atoms with Gasteiger partial charge in [0, 0.05) is 6.07 Å². The lowest BCUT2D eigenvalue weighted by molar-refractivity contribution is 0.373. The maximum absolute atomic E-state index is 13.8. The Morgan fingerprint density at radius 3 is 2.61 bits per heavy atom. The molecule has 0 radical (unpaired) electrons. The normalized spacial score (nSPS) is 10.7. The first kappa shape index (κ1) is 12.4. The maximum Gasteiger partial charge on any atom is 0.240 e. The summed E-state index contributed by atoms with van der Waals surface area (Å²) in [5, 5.41) is 3.33. The number of hydrogen-bond donors (Lipinski definition) is 1. The fourth-order valence-electron chi connectivity index (χ4n) is 1.36. The molecule has 0 aliphatic heterocycles. The largest absolute Gasteiger partial charge is 0.494 e. The molecule has 0 saturated heterocycles. The summed E-state index contributed by atoms with van der Waals surface area (Å²) in [4.78, 5) is 3.63. The van der Waals surface area contributed by atoms with Crippen molar-refractivity contribution >= 4 is 0 Å². The lowest BCUT2D eigenvalue weighted by atomic mass is 10.1. The molecule has 0 fully saturated rings. The van der Waals surface area contributed by atoms with E-state index >= 15 is 0 Å². The van der Waals surface area contributed by atoms with Crippen LogP contribution in [0.2, 0.25) is 0 Å². The average Bonchev–Trinajstić information content (AvgIpc) is 2.82. The van der Waals surface area contributed by atoms with Gasteiger partial charge >= 0.3 is 0 Å². The molecule has 5 nitrogen and oxygen atoms in total. The van der Waals surface area contributed by atoms with Crippen molar-refractivity contribution in [2.24, 2.45) is 5.73 Å². The predicted octanol–water partition coefficient (Wildman–Crippen LogP) is 1.62. The number of halogens is 3. The van der Waals surface area contributed by atoms with Gasteiger partial charge in [-0.25, -0.2) is 13.2 Å². The van der Waals surface area contributed by atoms with E-state index in [-0.39, 0.29) is 12.4 Å². The molecular formula is C10H8F3N3O2. The molecule has 0 spiro atoms.